The molecule has 0 unspecified atom stereocenters. The van der Waals surface area contributed by atoms with Gasteiger partial charge in [0.25, 0.3) is 5.91 Å². The fourth-order valence-corrected chi connectivity index (χ4v) is 1.27. The van der Waals surface area contributed by atoms with Gasteiger partial charge in [-0.2, -0.15) is 5.26 Å². The third kappa shape index (κ3) is 2.77. The van der Waals surface area contributed by atoms with Crippen LogP contribution in [0.15, 0.2) is 22.7 Å². The van der Waals surface area contributed by atoms with E-state index in [-0.39, 0.29) is 18.0 Å². The summed E-state index contributed by atoms with van der Waals surface area (Å²) in [4.78, 5) is 12.8. The van der Waals surface area contributed by atoms with Crippen LogP contribution in [0.5, 0.6) is 0 Å². The SMILES string of the molecule is CN(CC#N)C(=O)c1ccc(Br)c(F)c1. The van der Waals surface area contributed by atoms with E-state index >= 15 is 0 Å². The number of nitriles is 1. The molecule has 0 N–H and O–H groups in total. The van der Waals surface area contributed by atoms with Crippen molar-refractivity contribution in [1.82, 2.24) is 4.90 Å². The zero-order valence-corrected chi connectivity index (χ0v) is 9.58. The summed E-state index contributed by atoms with van der Waals surface area (Å²) in [5.74, 6) is -0.867. The molecular formula is C10H8BrFN2O. The van der Waals surface area contributed by atoms with Gasteiger partial charge in [0.2, 0.25) is 0 Å². The molecule has 0 aliphatic heterocycles. The second-order valence-corrected chi connectivity index (χ2v) is 3.80. The van der Waals surface area contributed by atoms with Gasteiger partial charge in [-0.15, -0.1) is 0 Å². The highest BCUT2D eigenvalue weighted by Crippen LogP contribution is 2.17. The van der Waals surface area contributed by atoms with E-state index in [0.717, 1.165) is 6.07 Å². The smallest absolute Gasteiger partial charge is 0.254 e. The molecule has 0 heterocycles. The van der Waals surface area contributed by atoms with E-state index in [1.165, 1.54) is 24.1 Å². The number of amides is 1. The lowest BCUT2D eigenvalue weighted by Crippen LogP contribution is -2.26. The molecule has 0 saturated carbocycles. The highest BCUT2D eigenvalue weighted by atomic mass is 79.9. The fraction of sp³-hybridized carbons (Fsp3) is 0.200. The monoisotopic (exact) mass is 270 g/mol. The molecule has 0 aromatic heterocycles. The standard InChI is InChI=1S/C10H8BrFN2O/c1-14(5-4-13)10(15)7-2-3-8(11)9(12)6-7/h2-3,6H,5H2,1H3. The number of hydrogen-bond donors (Lipinski definition) is 0. The third-order valence-electron chi connectivity index (χ3n) is 1.82. The van der Waals surface area contributed by atoms with Gasteiger partial charge in [-0.05, 0) is 34.1 Å². The van der Waals surface area contributed by atoms with Crippen molar-refractivity contribution in [3.8, 4) is 6.07 Å². The lowest BCUT2D eigenvalue weighted by Gasteiger charge is -2.12. The molecule has 0 bridgehead atoms. The lowest BCUT2D eigenvalue weighted by molar-refractivity contribution is 0.0811. The Morgan fingerprint density at radius 3 is 2.87 bits per heavy atom. The van der Waals surface area contributed by atoms with Gasteiger partial charge >= 0.3 is 0 Å². The quantitative estimate of drug-likeness (QED) is 0.774. The van der Waals surface area contributed by atoms with Crippen LogP contribution in [0.25, 0.3) is 0 Å². The van der Waals surface area contributed by atoms with Crippen LogP contribution in [-0.4, -0.2) is 24.4 Å². The Labute approximate surface area is 95.2 Å². The molecule has 0 aliphatic carbocycles. The number of carbonyl (C=O) groups excluding carboxylic acids is 1. The first-order chi connectivity index (χ1) is 7.06. The average molecular weight is 271 g/mol. The zero-order chi connectivity index (χ0) is 11.4. The van der Waals surface area contributed by atoms with Crippen LogP contribution in [0, 0.1) is 17.1 Å². The van der Waals surface area contributed by atoms with Crippen molar-refractivity contribution in [1.29, 1.82) is 5.26 Å². The van der Waals surface area contributed by atoms with Crippen molar-refractivity contribution in [2.24, 2.45) is 0 Å². The van der Waals surface area contributed by atoms with Gasteiger partial charge < -0.3 is 4.90 Å². The summed E-state index contributed by atoms with van der Waals surface area (Å²) in [6.45, 7) is -0.0173. The minimum Gasteiger partial charge on any atom is -0.328 e. The molecule has 5 heteroatoms. The zero-order valence-electron chi connectivity index (χ0n) is 8.00. The van der Waals surface area contributed by atoms with E-state index in [2.05, 4.69) is 15.9 Å². The van der Waals surface area contributed by atoms with Gasteiger partial charge in [0.15, 0.2) is 0 Å². The molecule has 78 valence electrons. The van der Waals surface area contributed by atoms with E-state index in [4.69, 9.17) is 5.26 Å². The largest absolute Gasteiger partial charge is 0.328 e. The molecule has 0 spiro atoms. The van der Waals surface area contributed by atoms with Crippen molar-refractivity contribution < 1.29 is 9.18 Å². The molecule has 0 aliphatic rings. The molecule has 1 aromatic carbocycles. The Bertz CT molecular complexity index is 428. The van der Waals surface area contributed by atoms with E-state index in [1.807, 2.05) is 6.07 Å². The van der Waals surface area contributed by atoms with Crippen molar-refractivity contribution in [2.75, 3.05) is 13.6 Å². The number of rotatable bonds is 2. The normalized spacial score (nSPS) is 9.47. The van der Waals surface area contributed by atoms with Gasteiger partial charge in [0, 0.05) is 12.6 Å². The summed E-state index contributed by atoms with van der Waals surface area (Å²) < 4.78 is 13.4. The maximum Gasteiger partial charge on any atom is 0.254 e. The number of halogens is 2. The summed E-state index contributed by atoms with van der Waals surface area (Å²) in [6, 6.07) is 5.95. The molecule has 1 rings (SSSR count). The van der Waals surface area contributed by atoms with Crippen LogP contribution in [0.3, 0.4) is 0 Å². The predicted octanol–water partition coefficient (Wildman–Crippen LogP) is 2.18. The maximum absolute atomic E-state index is 13.1. The van der Waals surface area contributed by atoms with Gasteiger partial charge in [0.05, 0.1) is 10.5 Å². The summed E-state index contributed by atoms with van der Waals surface area (Å²) >= 11 is 2.99. The Morgan fingerprint density at radius 1 is 1.67 bits per heavy atom. The van der Waals surface area contributed by atoms with Crippen LogP contribution < -0.4 is 0 Å². The van der Waals surface area contributed by atoms with Gasteiger partial charge in [0.1, 0.15) is 12.4 Å². The Balaban J connectivity index is 2.93. The second kappa shape index (κ2) is 4.89. The van der Waals surface area contributed by atoms with Crippen molar-refractivity contribution in [3.63, 3.8) is 0 Å². The van der Waals surface area contributed by atoms with Crippen LogP contribution in [-0.2, 0) is 0 Å². The van der Waals surface area contributed by atoms with Gasteiger partial charge in [-0.1, -0.05) is 0 Å². The van der Waals surface area contributed by atoms with Crippen LogP contribution in [0.2, 0.25) is 0 Å². The Kier molecular flexibility index (Phi) is 3.81. The molecule has 0 atom stereocenters. The molecule has 1 aromatic rings. The molecule has 1 amide bonds. The highest BCUT2D eigenvalue weighted by Gasteiger charge is 2.12. The third-order valence-corrected chi connectivity index (χ3v) is 2.46. The molecule has 0 fully saturated rings. The first-order valence-corrected chi connectivity index (χ1v) is 4.93. The predicted molar refractivity (Wildman–Crippen MR) is 56.7 cm³/mol. The van der Waals surface area contributed by atoms with Crippen LogP contribution in [0.4, 0.5) is 4.39 Å². The van der Waals surface area contributed by atoms with Gasteiger partial charge in [-0.3, -0.25) is 4.79 Å². The molecular weight excluding hydrogens is 263 g/mol. The van der Waals surface area contributed by atoms with E-state index in [9.17, 15) is 9.18 Å². The first kappa shape index (κ1) is 11.7. The second-order valence-electron chi connectivity index (χ2n) is 2.95. The van der Waals surface area contributed by atoms with Gasteiger partial charge in [-0.25, -0.2) is 4.39 Å². The maximum atomic E-state index is 13.1. The van der Waals surface area contributed by atoms with Crippen molar-refractivity contribution in [3.05, 3.63) is 34.1 Å². The molecule has 0 radical (unpaired) electrons. The Hall–Kier alpha value is -1.41. The van der Waals surface area contributed by atoms with E-state index in [0.29, 0.717) is 4.47 Å². The average Bonchev–Trinajstić information content (AvgIpc) is 2.21. The van der Waals surface area contributed by atoms with Crippen LogP contribution in [0.1, 0.15) is 10.4 Å². The Morgan fingerprint density at radius 2 is 2.33 bits per heavy atom. The van der Waals surface area contributed by atoms with Crippen molar-refractivity contribution >= 4 is 21.8 Å². The fourth-order valence-electron chi connectivity index (χ4n) is 1.03. The summed E-state index contributed by atoms with van der Waals surface area (Å²) in [5.41, 5.74) is 0.230. The molecule has 3 nitrogen and oxygen atoms in total. The number of benzene rings is 1. The molecule has 15 heavy (non-hydrogen) atoms. The van der Waals surface area contributed by atoms with Crippen LogP contribution >= 0.6 is 15.9 Å². The summed E-state index contributed by atoms with van der Waals surface area (Å²) in [6.07, 6.45) is 0. The summed E-state index contributed by atoms with van der Waals surface area (Å²) in [7, 11) is 1.49. The highest BCUT2D eigenvalue weighted by molar-refractivity contribution is 9.10. The number of hydrogen-bond acceptors (Lipinski definition) is 2. The number of carbonyl (C=O) groups is 1. The number of nitrogens with zero attached hydrogens (tertiary/aromatic N) is 2. The topological polar surface area (TPSA) is 44.1 Å². The first-order valence-electron chi connectivity index (χ1n) is 4.13. The lowest BCUT2D eigenvalue weighted by atomic mass is 10.2. The minimum absolute atomic E-state index is 0.0173. The summed E-state index contributed by atoms with van der Waals surface area (Å²) in [5, 5.41) is 8.41. The molecule has 0 saturated heterocycles. The van der Waals surface area contributed by atoms with E-state index in [1.54, 1.807) is 0 Å². The van der Waals surface area contributed by atoms with E-state index < -0.39 is 5.82 Å². The van der Waals surface area contributed by atoms with Crippen molar-refractivity contribution in [2.45, 2.75) is 0 Å². The minimum atomic E-state index is -0.494.